The summed E-state index contributed by atoms with van der Waals surface area (Å²) < 4.78 is 5.08. The van der Waals surface area contributed by atoms with Crippen LogP contribution in [0.5, 0.6) is 5.75 Å². The number of benzene rings is 1. The van der Waals surface area contributed by atoms with Crippen LogP contribution in [0.2, 0.25) is 5.02 Å². The molecule has 1 aromatic heterocycles. The van der Waals surface area contributed by atoms with Crippen LogP contribution in [0.15, 0.2) is 30.3 Å². The Kier molecular flexibility index (Phi) is 4.37. The topological polar surface area (TPSA) is 76.1 Å². The first-order valence-corrected chi connectivity index (χ1v) is 6.18. The molecule has 0 atom stereocenters. The highest BCUT2D eigenvalue weighted by Gasteiger charge is 2.10. The highest BCUT2D eigenvalue weighted by Crippen LogP contribution is 2.27. The Morgan fingerprint density at radius 3 is 2.65 bits per heavy atom. The molecule has 6 nitrogen and oxygen atoms in total. The summed E-state index contributed by atoms with van der Waals surface area (Å²) in [4.78, 5) is 12.0. The lowest BCUT2D eigenvalue weighted by Gasteiger charge is -2.08. The van der Waals surface area contributed by atoms with Crippen LogP contribution in [0.3, 0.4) is 0 Å². The van der Waals surface area contributed by atoms with Crippen LogP contribution in [-0.4, -0.2) is 30.3 Å². The van der Waals surface area contributed by atoms with Crippen LogP contribution in [0.4, 0.5) is 11.5 Å². The van der Waals surface area contributed by atoms with Gasteiger partial charge in [-0.15, -0.1) is 10.2 Å². The van der Waals surface area contributed by atoms with E-state index in [1.165, 1.54) is 7.11 Å². The third kappa shape index (κ3) is 3.16. The number of ether oxygens (including phenoxy) is 1. The highest BCUT2D eigenvalue weighted by atomic mass is 35.5. The van der Waals surface area contributed by atoms with E-state index in [1.807, 2.05) is 0 Å². The number of halogens is 1. The number of rotatable bonds is 4. The number of nitrogens with zero attached hydrogens (tertiary/aromatic N) is 2. The second-order valence-corrected chi connectivity index (χ2v) is 4.26. The minimum absolute atomic E-state index is 0.220. The molecule has 0 fully saturated rings. The molecule has 7 heteroatoms. The van der Waals surface area contributed by atoms with Crippen LogP contribution in [-0.2, 0) is 0 Å². The monoisotopic (exact) mass is 292 g/mol. The number of hydrogen-bond acceptors (Lipinski definition) is 5. The van der Waals surface area contributed by atoms with Gasteiger partial charge >= 0.3 is 0 Å². The van der Waals surface area contributed by atoms with E-state index in [1.54, 1.807) is 37.4 Å². The second-order valence-electron chi connectivity index (χ2n) is 3.86. The van der Waals surface area contributed by atoms with E-state index in [4.69, 9.17) is 16.3 Å². The summed E-state index contributed by atoms with van der Waals surface area (Å²) in [5.41, 5.74) is 0.786. The van der Waals surface area contributed by atoms with E-state index in [2.05, 4.69) is 20.8 Å². The zero-order valence-electron chi connectivity index (χ0n) is 11.0. The largest absolute Gasteiger partial charge is 0.495 e. The Morgan fingerprint density at radius 1 is 1.25 bits per heavy atom. The maximum absolute atomic E-state index is 12.0. The molecule has 20 heavy (non-hydrogen) atoms. The molecule has 1 aromatic carbocycles. The maximum Gasteiger partial charge on any atom is 0.276 e. The predicted octanol–water partition coefficient (Wildman–Crippen LogP) is 2.43. The molecular formula is C13H13ClN4O2. The quantitative estimate of drug-likeness (QED) is 0.905. The van der Waals surface area contributed by atoms with Crippen molar-refractivity contribution in [2.24, 2.45) is 0 Å². The van der Waals surface area contributed by atoms with Gasteiger partial charge in [-0.2, -0.15) is 0 Å². The zero-order valence-corrected chi connectivity index (χ0v) is 11.7. The number of hydrogen-bond donors (Lipinski definition) is 2. The predicted molar refractivity (Wildman–Crippen MR) is 77.5 cm³/mol. The molecule has 104 valence electrons. The first-order valence-electron chi connectivity index (χ1n) is 5.80. The van der Waals surface area contributed by atoms with Gasteiger partial charge in [-0.25, -0.2) is 0 Å². The molecule has 0 aliphatic heterocycles. The van der Waals surface area contributed by atoms with E-state index in [0.717, 1.165) is 0 Å². The van der Waals surface area contributed by atoms with Crippen LogP contribution >= 0.6 is 11.6 Å². The number of carbonyl (C=O) groups is 1. The van der Waals surface area contributed by atoms with Gasteiger partial charge in [0.1, 0.15) is 11.6 Å². The van der Waals surface area contributed by atoms with Crippen molar-refractivity contribution in [1.82, 2.24) is 10.2 Å². The van der Waals surface area contributed by atoms with E-state index in [9.17, 15) is 4.79 Å². The fourth-order valence-corrected chi connectivity index (χ4v) is 1.71. The minimum Gasteiger partial charge on any atom is -0.495 e. The van der Waals surface area contributed by atoms with E-state index < -0.39 is 0 Å². The summed E-state index contributed by atoms with van der Waals surface area (Å²) in [6.45, 7) is 0. The van der Waals surface area contributed by atoms with Gasteiger partial charge in [0.25, 0.3) is 5.91 Å². The van der Waals surface area contributed by atoms with Gasteiger partial charge in [-0.3, -0.25) is 4.79 Å². The molecule has 0 saturated heterocycles. The average Bonchev–Trinajstić information content (AvgIpc) is 2.49. The molecule has 1 heterocycles. The third-order valence-corrected chi connectivity index (χ3v) is 2.87. The fraction of sp³-hybridized carbons (Fsp3) is 0.154. The standard InChI is InChI=1S/C13H13ClN4O2/c1-15-12-6-5-10(17-18-12)13(19)16-8-3-4-9(14)11(7-8)20-2/h3-7H,1-2H3,(H,15,18)(H,16,19). The van der Waals surface area contributed by atoms with Gasteiger partial charge in [-0.05, 0) is 24.3 Å². The number of carbonyl (C=O) groups excluding carboxylic acids is 1. The van der Waals surface area contributed by atoms with Crippen LogP contribution in [0.1, 0.15) is 10.5 Å². The molecule has 0 spiro atoms. The molecule has 2 aromatic rings. The molecule has 0 aliphatic carbocycles. The first-order chi connectivity index (χ1) is 9.63. The van der Waals surface area contributed by atoms with Crippen molar-refractivity contribution in [3.63, 3.8) is 0 Å². The molecule has 0 aliphatic rings. The molecule has 2 N–H and O–H groups in total. The van der Waals surface area contributed by atoms with E-state index >= 15 is 0 Å². The molecule has 0 radical (unpaired) electrons. The van der Waals surface area contributed by atoms with Gasteiger partial charge in [0.15, 0.2) is 5.69 Å². The van der Waals surface area contributed by atoms with Gasteiger partial charge in [0.2, 0.25) is 0 Å². The molecule has 0 unspecified atom stereocenters. The number of amides is 1. The maximum atomic E-state index is 12.0. The Labute approximate surface area is 121 Å². The number of nitrogens with one attached hydrogen (secondary N) is 2. The highest BCUT2D eigenvalue weighted by molar-refractivity contribution is 6.32. The van der Waals surface area contributed by atoms with Gasteiger partial charge < -0.3 is 15.4 Å². The average molecular weight is 293 g/mol. The minimum atomic E-state index is -0.357. The van der Waals surface area contributed by atoms with Gasteiger partial charge in [0, 0.05) is 18.8 Å². The lowest BCUT2D eigenvalue weighted by atomic mass is 10.3. The molecule has 0 saturated carbocycles. The van der Waals surface area contributed by atoms with Crippen molar-refractivity contribution >= 4 is 29.0 Å². The fourth-order valence-electron chi connectivity index (χ4n) is 1.52. The van der Waals surface area contributed by atoms with Crippen molar-refractivity contribution in [3.8, 4) is 5.75 Å². The van der Waals surface area contributed by atoms with E-state index in [-0.39, 0.29) is 11.6 Å². The summed E-state index contributed by atoms with van der Waals surface area (Å²) in [5, 5.41) is 13.7. The lowest BCUT2D eigenvalue weighted by Crippen LogP contribution is -2.14. The number of aromatic nitrogens is 2. The van der Waals surface area contributed by atoms with Crippen LogP contribution in [0, 0.1) is 0 Å². The Hall–Kier alpha value is -2.34. The summed E-state index contributed by atoms with van der Waals surface area (Å²) in [6, 6.07) is 8.21. The summed E-state index contributed by atoms with van der Waals surface area (Å²) in [6.07, 6.45) is 0. The molecule has 1 amide bonds. The smallest absolute Gasteiger partial charge is 0.276 e. The van der Waals surface area contributed by atoms with Gasteiger partial charge in [0.05, 0.1) is 12.1 Å². The summed E-state index contributed by atoms with van der Waals surface area (Å²) in [7, 11) is 3.23. The van der Waals surface area contributed by atoms with Crippen LogP contribution < -0.4 is 15.4 Å². The Balaban J connectivity index is 2.14. The van der Waals surface area contributed by atoms with Crippen molar-refractivity contribution in [1.29, 1.82) is 0 Å². The number of methoxy groups -OCH3 is 1. The molecule has 2 rings (SSSR count). The SMILES string of the molecule is CNc1ccc(C(=O)Nc2ccc(Cl)c(OC)c2)nn1. The van der Waals surface area contributed by atoms with Crippen LogP contribution in [0.25, 0.3) is 0 Å². The molecular weight excluding hydrogens is 280 g/mol. The van der Waals surface area contributed by atoms with Crippen molar-refractivity contribution in [3.05, 3.63) is 41.0 Å². The van der Waals surface area contributed by atoms with E-state index in [0.29, 0.717) is 22.3 Å². The lowest BCUT2D eigenvalue weighted by molar-refractivity contribution is 0.102. The normalized spacial score (nSPS) is 9.95. The first kappa shape index (κ1) is 14.1. The Bertz CT molecular complexity index is 616. The zero-order chi connectivity index (χ0) is 14.5. The second kappa shape index (κ2) is 6.21. The van der Waals surface area contributed by atoms with Gasteiger partial charge in [-0.1, -0.05) is 11.6 Å². The van der Waals surface area contributed by atoms with Crippen molar-refractivity contribution < 1.29 is 9.53 Å². The third-order valence-electron chi connectivity index (χ3n) is 2.56. The van der Waals surface area contributed by atoms with Crippen molar-refractivity contribution in [2.75, 3.05) is 24.8 Å². The number of anilines is 2. The summed E-state index contributed by atoms with van der Waals surface area (Å²) in [5.74, 6) is 0.723. The molecule has 0 bridgehead atoms. The Morgan fingerprint density at radius 2 is 2.05 bits per heavy atom. The summed E-state index contributed by atoms with van der Waals surface area (Å²) >= 11 is 5.92. The van der Waals surface area contributed by atoms with Crippen molar-refractivity contribution in [2.45, 2.75) is 0 Å².